The van der Waals surface area contributed by atoms with Crippen molar-refractivity contribution in [2.75, 3.05) is 6.54 Å². The zero-order valence-corrected chi connectivity index (χ0v) is 23.2. The number of benzene rings is 2. The average molecular weight is 572 g/mol. The number of rotatable bonds is 8. The second-order valence-corrected chi connectivity index (χ2v) is 9.76. The number of aromatic amines is 2. The van der Waals surface area contributed by atoms with Crippen molar-refractivity contribution in [3.05, 3.63) is 76.5 Å². The Balaban J connectivity index is 0.00000176. The van der Waals surface area contributed by atoms with Gasteiger partial charge in [0, 0.05) is 24.9 Å². The second kappa shape index (κ2) is 12.6. The summed E-state index contributed by atoms with van der Waals surface area (Å²) in [5, 5.41) is 13.7. The average Bonchev–Trinajstić information content (AvgIpc) is 3.52. The van der Waals surface area contributed by atoms with E-state index < -0.39 is 0 Å². The molecule has 5 aromatic rings. The lowest BCUT2D eigenvalue weighted by Crippen LogP contribution is -2.37. The lowest BCUT2D eigenvalue weighted by atomic mass is 10.1. The summed E-state index contributed by atoms with van der Waals surface area (Å²) in [5.74, 6) is 1.65. The van der Waals surface area contributed by atoms with Gasteiger partial charge in [-0.25, -0.2) is 14.5 Å². The number of fused-ring (bicyclic) bond motifs is 2. The highest BCUT2D eigenvalue weighted by Crippen LogP contribution is 2.28. The maximum atomic E-state index is 11.6. The molecule has 2 atom stereocenters. The lowest BCUT2D eigenvalue weighted by Gasteiger charge is -2.35. The van der Waals surface area contributed by atoms with Crippen LogP contribution >= 0.6 is 24.8 Å². The third-order valence-corrected chi connectivity index (χ3v) is 7.03. The number of imidazole rings is 1. The molecule has 6 rings (SSSR count). The first kappa shape index (κ1) is 28.5. The molecule has 2 N–H and O–H groups in total. The quantitative estimate of drug-likeness (QED) is 0.274. The van der Waals surface area contributed by atoms with Gasteiger partial charge < -0.3 is 9.72 Å². The summed E-state index contributed by atoms with van der Waals surface area (Å²) in [4.78, 5) is 24.0. The molecule has 3 aromatic heterocycles. The summed E-state index contributed by atoms with van der Waals surface area (Å²) in [6.45, 7) is 3.99. The van der Waals surface area contributed by atoms with Gasteiger partial charge in [0.1, 0.15) is 11.9 Å². The molecule has 1 saturated heterocycles. The third kappa shape index (κ3) is 6.41. The molecule has 1 aliphatic heterocycles. The summed E-state index contributed by atoms with van der Waals surface area (Å²) in [7, 11) is 0. The predicted octanol–water partition coefficient (Wildman–Crippen LogP) is 4.82. The molecule has 206 valence electrons. The van der Waals surface area contributed by atoms with Gasteiger partial charge in [0.15, 0.2) is 11.5 Å². The van der Waals surface area contributed by atoms with Crippen LogP contribution in [0.1, 0.15) is 50.2 Å². The molecular weight excluding hydrogens is 539 g/mol. The number of halogens is 2. The SMILES string of the molecule is CC(CCc1nnnn1C1CCCCN1Cc1ccccc1)Oc1ccc2nc3[nH]c(=O)[nH]c3cc2c1.Cl.Cl. The molecule has 1 fully saturated rings. The summed E-state index contributed by atoms with van der Waals surface area (Å²) in [6, 6.07) is 18.3. The maximum Gasteiger partial charge on any atom is 0.325 e. The molecule has 10 nitrogen and oxygen atoms in total. The highest BCUT2D eigenvalue weighted by molar-refractivity contribution is 5.90. The van der Waals surface area contributed by atoms with Gasteiger partial charge >= 0.3 is 5.69 Å². The van der Waals surface area contributed by atoms with Crippen molar-refractivity contribution >= 4 is 46.9 Å². The molecule has 1 aliphatic rings. The van der Waals surface area contributed by atoms with E-state index in [0.717, 1.165) is 54.8 Å². The fourth-order valence-corrected chi connectivity index (χ4v) is 5.16. The Bertz CT molecular complexity index is 1570. The highest BCUT2D eigenvalue weighted by Gasteiger charge is 2.27. The van der Waals surface area contributed by atoms with Gasteiger partial charge in [-0.2, -0.15) is 0 Å². The van der Waals surface area contributed by atoms with Crippen molar-refractivity contribution in [2.24, 2.45) is 0 Å². The monoisotopic (exact) mass is 570 g/mol. The van der Waals surface area contributed by atoms with Gasteiger partial charge in [-0.1, -0.05) is 30.3 Å². The molecule has 0 radical (unpaired) electrons. The maximum absolute atomic E-state index is 11.6. The molecule has 0 amide bonds. The summed E-state index contributed by atoms with van der Waals surface area (Å²) in [6.07, 6.45) is 5.06. The first-order valence-electron chi connectivity index (χ1n) is 12.9. The number of nitrogens with one attached hydrogen (secondary N) is 2. The van der Waals surface area contributed by atoms with Crippen molar-refractivity contribution in [3.63, 3.8) is 0 Å². The molecule has 0 aliphatic carbocycles. The molecule has 12 heteroatoms. The van der Waals surface area contributed by atoms with E-state index in [0.29, 0.717) is 11.2 Å². The Labute approximate surface area is 238 Å². The topological polar surface area (TPSA) is 118 Å². The number of likely N-dealkylation sites (tertiary alicyclic amines) is 1. The van der Waals surface area contributed by atoms with Crippen LogP contribution in [0.4, 0.5) is 0 Å². The molecular formula is C27H32Cl2N8O2. The largest absolute Gasteiger partial charge is 0.491 e. The van der Waals surface area contributed by atoms with Crippen LogP contribution in [-0.2, 0) is 13.0 Å². The van der Waals surface area contributed by atoms with Crippen LogP contribution in [0, 0.1) is 0 Å². The number of nitrogens with zero attached hydrogens (tertiary/aromatic N) is 6. The fraction of sp³-hybridized carbons (Fsp3) is 0.370. The van der Waals surface area contributed by atoms with E-state index in [1.807, 2.05) is 28.9 Å². The number of aryl methyl sites for hydroxylation is 1. The number of tetrazole rings is 1. The van der Waals surface area contributed by atoms with E-state index in [-0.39, 0.29) is 42.8 Å². The van der Waals surface area contributed by atoms with E-state index in [2.05, 4.69) is 72.6 Å². The normalized spacial score (nSPS) is 16.5. The van der Waals surface area contributed by atoms with Gasteiger partial charge in [0.25, 0.3) is 0 Å². The number of H-pyrrole nitrogens is 2. The van der Waals surface area contributed by atoms with Crippen LogP contribution in [0.15, 0.2) is 59.4 Å². The third-order valence-electron chi connectivity index (χ3n) is 7.03. The lowest BCUT2D eigenvalue weighted by molar-refractivity contribution is 0.0731. The minimum atomic E-state index is -0.262. The standard InChI is InChI=1S/C27H30N8O2.2ClH/c1-18(37-21-11-12-22-20(15-21)16-23-26(28-22)30-27(36)29-23)10-13-24-31-32-33-35(24)25-9-5-6-14-34(25)17-19-7-3-2-4-8-19;;/h2-4,7-8,11-12,15-16,18,25H,5-6,9-10,13-14,17H2,1H3,(H2,28,29,30,36);2*1H. The van der Waals surface area contributed by atoms with E-state index in [1.165, 1.54) is 18.4 Å². The molecule has 2 aromatic carbocycles. The van der Waals surface area contributed by atoms with Crippen LogP contribution in [-0.4, -0.2) is 52.7 Å². The Hall–Kier alpha value is -3.47. The zero-order chi connectivity index (χ0) is 25.2. The minimum absolute atomic E-state index is 0. The van der Waals surface area contributed by atoms with Crippen molar-refractivity contribution in [3.8, 4) is 5.75 Å². The number of piperidine rings is 1. The highest BCUT2D eigenvalue weighted by atomic mass is 35.5. The predicted molar refractivity (Wildman–Crippen MR) is 155 cm³/mol. The molecule has 0 spiro atoms. The number of ether oxygens (including phenoxy) is 1. The van der Waals surface area contributed by atoms with Crippen molar-refractivity contribution in [1.82, 2.24) is 40.1 Å². The Morgan fingerprint density at radius 1 is 1.08 bits per heavy atom. The van der Waals surface area contributed by atoms with Gasteiger partial charge in [-0.3, -0.25) is 9.88 Å². The fourth-order valence-electron chi connectivity index (χ4n) is 5.16. The van der Waals surface area contributed by atoms with Gasteiger partial charge in [0.2, 0.25) is 0 Å². The summed E-state index contributed by atoms with van der Waals surface area (Å²) < 4.78 is 8.24. The second-order valence-electron chi connectivity index (χ2n) is 9.76. The van der Waals surface area contributed by atoms with Crippen molar-refractivity contribution < 1.29 is 4.74 Å². The summed E-state index contributed by atoms with van der Waals surface area (Å²) >= 11 is 0. The van der Waals surface area contributed by atoms with Gasteiger partial charge in [0.05, 0.1) is 17.1 Å². The van der Waals surface area contributed by atoms with Crippen LogP contribution in [0.2, 0.25) is 0 Å². The Morgan fingerprint density at radius 3 is 2.77 bits per heavy atom. The number of hydrogen-bond acceptors (Lipinski definition) is 7. The van der Waals surface area contributed by atoms with Crippen LogP contribution < -0.4 is 10.4 Å². The molecule has 0 saturated carbocycles. The van der Waals surface area contributed by atoms with E-state index >= 15 is 0 Å². The van der Waals surface area contributed by atoms with Crippen molar-refractivity contribution in [1.29, 1.82) is 0 Å². The van der Waals surface area contributed by atoms with Gasteiger partial charge in [-0.05, 0) is 72.9 Å². The first-order valence-corrected chi connectivity index (χ1v) is 12.9. The van der Waals surface area contributed by atoms with Crippen LogP contribution in [0.3, 0.4) is 0 Å². The van der Waals surface area contributed by atoms with Crippen molar-refractivity contribution in [2.45, 2.75) is 57.8 Å². The molecule has 2 unspecified atom stereocenters. The zero-order valence-electron chi connectivity index (χ0n) is 21.6. The minimum Gasteiger partial charge on any atom is -0.491 e. The molecule has 39 heavy (non-hydrogen) atoms. The number of aromatic nitrogens is 7. The van der Waals surface area contributed by atoms with Crippen LogP contribution in [0.5, 0.6) is 5.75 Å². The Morgan fingerprint density at radius 2 is 1.92 bits per heavy atom. The van der Waals surface area contributed by atoms with Gasteiger partial charge in [-0.15, -0.1) is 29.9 Å². The number of hydrogen-bond donors (Lipinski definition) is 2. The molecule has 0 bridgehead atoms. The van der Waals surface area contributed by atoms with E-state index in [1.54, 1.807) is 0 Å². The summed E-state index contributed by atoms with van der Waals surface area (Å²) in [5.41, 5.74) is 3.08. The Kier molecular flexibility index (Phi) is 9.21. The number of pyridine rings is 1. The van der Waals surface area contributed by atoms with E-state index in [4.69, 9.17) is 4.74 Å². The molecule has 4 heterocycles. The first-order chi connectivity index (χ1) is 18.1. The van der Waals surface area contributed by atoms with Crippen LogP contribution in [0.25, 0.3) is 22.1 Å². The van der Waals surface area contributed by atoms with E-state index in [9.17, 15) is 4.79 Å². The smallest absolute Gasteiger partial charge is 0.325 e.